The van der Waals surface area contributed by atoms with E-state index in [1.54, 1.807) is 26.4 Å². The lowest BCUT2D eigenvalue weighted by molar-refractivity contribution is -0.152. The molecule has 0 radical (unpaired) electrons. The van der Waals surface area contributed by atoms with Gasteiger partial charge < -0.3 is 19.9 Å². The molecule has 0 bridgehead atoms. The van der Waals surface area contributed by atoms with Crippen molar-refractivity contribution in [2.75, 3.05) is 14.2 Å². The van der Waals surface area contributed by atoms with Crippen molar-refractivity contribution in [2.45, 2.75) is 19.4 Å². The summed E-state index contributed by atoms with van der Waals surface area (Å²) in [6, 6.07) is 5.34. The number of hydrogen-bond donors (Lipinski definition) is 2. The van der Waals surface area contributed by atoms with Gasteiger partial charge in [-0.1, -0.05) is 0 Å². The summed E-state index contributed by atoms with van der Waals surface area (Å²) in [7, 11) is 3.12. The first-order chi connectivity index (χ1) is 10.1. The molecule has 2 N–H and O–H groups in total. The Kier molecular flexibility index (Phi) is 4.67. The number of carbonyl (C=O) groups excluding carboxylic acids is 1. The number of carboxylic acids is 1. The first-order valence-corrected chi connectivity index (χ1v) is 6.78. The molecule has 1 fully saturated rings. The van der Waals surface area contributed by atoms with Crippen LogP contribution in [0.2, 0.25) is 0 Å². The van der Waals surface area contributed by atoms with E-state index in [9.17, 15) is 9.59 Å². The molecule has 21 heavy (non-hydrogen) atoms. The minimum atomic E-state index is -0.900. The van der Waals surface area contributed by atoms with Crippen molar-refractivity contribution in [3.05, 3.63) is 23.8 Å². The van der Waals surface area contributed by atoms with Crippen molar-refractivity contribution < 1.29 is 24.2 Å². The number of aliphatic carboxylic acids is 1. The molecular formula is C15H19NO5. The molecule has 1 aliphatic carbocycles. The van der Waals surface area contributed by atoms with Gasteiger partial charge in [0.15, 0.2) is 0 Å². The molecule has 0 spiro atoms. The number of amides is 1. The summed E-state index contributed by atoms with van der Waals surface area (Å²) in [4.78, 5) is 22.9. The quantitative estimate of drug-likeness (QED) is 0.829. The van der Waals surface area contributed by atoms with Crippen LogP contribution in [0.5, 0.6) is 11.5 Å². The van der Waals surface area contributed by atoms with E-state index in [0.717, 1.165) is 5.56 Å². The molecule has 6 nitrogen and oxygen atoms in total. The zero-order valence-corrected chi connectivity index (χ0v) is 12.1. The molecule has 1 aromatic carbocycles. The molecule has 1 amide bonds. The minimum absolute atomic E-state index is 0.216. The summed E-state index contributed by atoms with van der Waals surface area (Å²) in [5.74, 6) is -0.797. The Morgan fingerprint density at radius 3 is 2.48 bits per heavy atom. The number of carboxylic acid groups (broad SMARTS) is 1. The van der Waals surface area contributed by atoms with E-state index in [-0.39, 0.29) is 5.91 Å². The molecular weight excluding hydrogens is 274 g/mol. The molecule has 2 rings (SSSR count). The predicted molar refractivity (Wildman–Crippen MR) is 75.2 cm³/mol. The van der Waals surface area contributed by atoms with E-state index in [1.807, 2.05) is 6.07 Å². The number of benzene rings is 1. The summed E-state index contributed by atoms with van der Waals surface area (Å²) in [6.07, 6.45) is 1.20. The molecule has 1 aliphatic rings. The fourth-order valence-corrected chi connectivity index (χ4v) is 2.42. The first-order valence-electron chi connectivity index (χ1n) is 6.78. The summed E-state index contributed by atoms with van der Waals surface area (Å²) >= 11 is 0. The highest BCUT2D eigenvalue weighted by Crippen LogP contribution is 2.34. The Labute approximate surface area is 123 Å². The van der Waals surface area contributed by atoms with Crippen LogP contribution < -0.4 is 14.8 Å². The Morgan fingerprint density at radius 1 is 1.24 bits per heavy atom. The van der Waals surface area contributed by atoms with Gasteiger partial charge in [0.2, 0.25) is 5.91 Å². The van der Waals surface area contributed by atoms with E-state index in [4.69, 9.17) is 14.6 Å². The van der Waals surface area contributed by atoms with Crippen LogP contribution in [0.4, 0.5) is 0 Å². The molecule has 1 aromatic rings. The maximum absolute atomic E-state index is 12.0. The highest BCUT2D eigenvalue weighted by Gasteiger charge is 2.41. The largest absolute Gasteiger partial charge is 0.497 e. The van der Waals surface area contributed by atoms with Crippen LogP contribution in [0.25, 0.3) is 0 Å². The fourth-order valence-electron chi connectivity index (χ4n) is 2.42. The fraction of sp³-hybridized carbons (Fsp3) is 0.467. The maximum atomic E-state index is 12.0. The molecule has 2 atom stereocenters. The summed E-state index contributed by atoms with van der Waals surface area (Å²) in [6.45, 7) is 0.300. The second-order valence-corrected chi connectivity index (χ2v) is 5.02. The number of nitrogens with one attached hydrogen (secondary N) is 1. The third-order valence-electron chi connectivity index (χ3n) is 3.88. The highest BCUT2D eigenvalue weighted by molar-refractivity contribution is 5.86. The van der Waals surface area contributed by atoms with E-state index in [1.165, 1.54) is 0 Å². The summed E-state index contributed by atoms with van der Waals surface area (Å²) in [5.41, 5.74) is 0.817. The first kappa shape index (κ1) is 15.2. The van der Waals surface area contributed by atoms with Gasteiger partial charge in [0, 0.05) is 18.2 Å². The van der Waals surface area contributed by atoms with Crippen LogP contribution in [0.15, 0.2) is 18.2 Å². The maximum Gasteiger partial charge on any atom is 0.307 e. The Balaban J connectivity index is 1.97. The lowest BCUT2D eigenvalue weighted by Gasteiger charge is -2.32. The monoisotopic (exact) mass is 293 g/mol. The van der Waals surface area contributed by atoms with Crippen molar-refractivity contribution in [2.24, 2.45) is 11.8 Å². The van der Waals surface area contributed by atoms with Gasteiger partial charge in [-0.05, 0) is 25.0 Å². The van der Waals surface area contributed by atoms with Crippen LogP contribution in [-0.4, -0.2) is 31.2 Å². The van der Waals surface area contributed by atoms with Gasteiger partial charge in [0.1, 0.15) is 11.5 Å². The Bertz CT molecular complexity index is 543. The van der Waals surface area contributed by atoms with Gasteiger partial charge >= 0.3 is 5.97 Å². The number of methoxy groups -OCH3 is 2. The molecule has 114 valence electrons. The second kappa shape index (κ2) is 6.47. The molecule has 0 heterocycles. The highest BCUT2D eigenvalue weighted by atomic mass is 16.5. The van der Waals surface area contributed by atoms with Crippen LogP contribution in [0, 0.1) is 11.8 Å². The zero-order chi connectivity index (χ0) is 15.4. The smallest absolute Gasteiger partial charge is 0.307 e. The number of carbonyl (C=O) groups is 2. The SMILES string of the molecule is COc1ccc(CNC(=O)C2CCC2C(=O)O)c(OC)c1. The van der Waals surface area contributed by atoms with Gasteiger partial charge in [-0.25, -0.2) is 0 Å². The molecule has 0 saturated heterocycles. The van der Waals surface area contributed by atoms with E-state index >= 15 is 0 Å². The van der Waals surface area contributed by atoms with E-state index in [2.05, 4.69) is 5.32 Å². The van der Waals surface area contributed by atoms with Crippen molar-refractivity contribution in [3.63, 3.8) is 0 Å². The van der Waals surface area contributed by atoms with Gasteiger partial charge in [0.05, 0.1) is 26.1 Å². The van der Waals surface area contributed by atoms with Crippen LogP contribution in [-0.2, 0) is 16.1 Å². The number of hydrogen-bond acceptors (Lipinski definition) is 4. The average Bonchev–Trinajstić information content (AvgIpc) is 2.43. The molecule has 0 aromatic heterocycles. The van der Waals surface area contributed by atoms with E-state index in [0.29, 0.717) is 30.9 Å². The number of rotatable bonds is 6. The van der Waals surface area contributed by atoms with E-state index < -0.39 is 17.8 Å². The molecule has 1 saturated carbocycles. The molecule has 2 unspecified atom stereocenters. The lowest BCUT2D eigenvalue weighted by Crippen LogP contribution is -2.43. The van der Waals surface area contributed by atoms with Gasteiger partial charge in [-0.2, -0.15) is 0 Å². The zero-order valence-electron chi connectivity index (χ0n) is 12.1. The van der Waals surface area contributed by atoms with Crippen molar-refractivity contribution in [1.29, 1.82) is 0 Å². The molecule has 6 heteroatoms. The van der Waals surface area contributed by atoms with Crippen molar-refractivity contribution in [1.82, 2.24) is 5.32 Å². The Morgan fingerprint density at radius 2 is 1.95 bits per heavy atom. The summed E-state index contributed by atoms with van der Waals surface area (Å²) in [5, 5.41) is 11.7. The van der Waals surface area contributed by atoms with Crippen molar-refractivity contribution in [3.8, 4) is 11.5 Å². The van der Waals surface area contributed by atoms with Gasteiger partial charge in [-0.3, -0.25) is 9.59 Å². The predicted octanol–water partition coefficient (Wildman–Crippen LogP) is 1.43. The van der Waals surface area contributed by atoms with Crippen molar-refractivity contribution >= 4 is 11.9 Å². The summed E-state index contributed by atoms with van der Waals surface area (Å²) < 4.78 is 10.4. The third kappa shape index (κ3) is 3.26. The number of ether oxygens (including phenoxy) is 2. The second-order valence-electron chi connectivity index (χ2n) is 5.02. The lowest BCUT2D eigenvalue weighted by atomic mass is 9.73. The normalized spacial score (nSPS) is 20.3. The minimum Gasteiger partial charge on any atom is -0.497 e. The van der Waals surface area contributed by atoms with Gasteiger partial charge in [0.25, 0.3) is 0 Å². The van der Waals surface area contributed by atoms with Crippen LogP contribution in [0.3, 0.4) is 0 Å². The standard InChI is InChI=1S/C15H19NO5/c1-20-10-4-3-9(13(7-10)21-2)8-16-14(17)11-5-6-12(11)15(18)19/h3-4,7,11-12H,5-6,8H2,1-2H3,(H,16,17)(H,18,19). The average molecular weight is 293 g/mol. The van der Waals surface area contributed by atoms with Crippen LogP contribution >= 0.6 is 0 Å². The Hall–Kier alpha value is -2.24. The topological polar surface area (TPSA) is 84.9 Å². The molecule has 0 aliphatic heterocycles. The third-order valence-corrected chi connectivity index (χ3v) is 3.88. The van der Waals surface area contributed by atoms with Gasteiger partial charge in [-0.15, -0.1) is 0 Å². The van der Waals surface area contributed by atoms with Crippen LogP contribution in [0.1, 0.15) is 18.4 Å².